The van der Waals surface area contributed by atoms with E-state index in [1.807, 2.05) is 6.92 Å². The maximum Gasteiger partial charge on any atom is 0.0700 e. The van der Waals surface area contributed by atoms with Crippen LogP contribution in [-0.2, 0) is 4.74 Å². The minimum absolute atomic E-state index is 0.199. The molecule has 0 aromatic carbocycles. The van der Waals surface area contributed by atoms with Crippen LogP contribution in [0.4, 0.5) is 0 Å². The van der Waals surface area contributed by atoms with E-state index in [9.17, 15) is 0 Å². The van der Waals surface area contributed by atoms with Crippen molar-refractivity contribution in [3.8, 4) is 0 Å². The standard InChI is InChI=1S/C9H19NO2/c1-7(11)3-5-10-9-4-6-12-8(9)2/h7-11H,3-6H2,1-2H3/t7-,8-,9-/m0/s1. The van der Waals surface area contributed by atoms with E-state index < -0.39 is 0 Å². The summed E-state index contributed by atoms with van der Waals surface area (Å²) >= 11 is 0. The lowest BCUT2D eigenvalue weighted by Crippen LogP contribution is -2.36. The monoisotopic (exact) mass is 173 g/mol. The van der Waals surface area contributed by atoms with Gasteiger partial charge in [-0.05, 0) is 33.2 Å². The van der Waals surface area contributed by atoms with E-state index in [2.05, 4.69) is 12.2 Å². The Kier molecular flexibility index (Phi) is 3.98. The Hall–Kier alpha value is -0.120. The van der Waals surface area contributed by atoms with Gasteiger partial charge in [-0.2, -0.15) is 0 Å². The number of nitrogens with one attached hydrogen (secondary N) is 1. The topological polar surface area (TPSA) is 41.5 Å². The third-order valence-corrected chi connectivity index (χ3v) is 2.34. The summed E-state index contributed by atoms with van der Waals surface area (Å²) in [6.07, 6.45) is 2.05. The fraction of sp³-hybridized carbons (Fsp3) is 1.00. The van der Waals surface area contributed by atoms with E-state index >= 15 is 0 Å². The van der Waals surface area contributed by atoms with Crippen molar-refractivity contribution in [2.75, 3.05) is 13.2 Å². The van der Waals surface area contributed by atoms with Gasteiger partial charge >= 0.3 is 0 Å². The molecule has 1 fully saturated rings. The quantitative estimate of drug-likeness (QED) is 0.651. The molecule has 3 heteroatoms. The second-order valence-electron chi connectivity index (χ2n) is 3.56. The zero-order valence-corrected chi connectivity index (χ0v) is 7.92. The first-order valence-electron chi connectivity index (χ1n) is 4.73. The van der Waals surface area contributed by atoms with Crippen LogP contribution in [0.5, 0.6) is 0 Å². The summed E-state index contributed by atoms with van der Waals surface area (Å²) in [7, 11) is 0. The number of ether oxygens (including phenoxy) is 1. The highest BCUT2D eigenvalue weighted by Gasteiger charge is 2.22. The Labute approximate surface area is 74.1 Å². The summed E-state index contributed by atoms with van der Waals surface area (Å²) in [5, 5.41) is 12.4. The average Bonchev–Trinajstić information content (AvgIpc) is 2.36. The summed E-state index contributed by atoms with van der Waals surface area (Å²) in [5.41, 5.74) is 0. The molecule has 0 unspecified atom stereocenters. The Bertz CT molecular complexity index is 128. The van der Waals surface area contributed by atoms with Crippen molar-refractivity contribution in [3.05, 3.63) is 0 Å². The van der Waals surface area contributed by atoms with Crippen molar-refractivity contribution in [1.29, 1.82) is 0 Å². The van der Waals surface area contributed by atoms with Gasteiger partial charge in [0.15, 0.2) is 0 Å². The largest absolute Gasteiger partial charge is 0.393 e. The molecule has 0 aromatic heterocycles. The van der Waals surface area contributed by atoms with Gasteiger partial charge in [-0.25, -0.2) is 0 Å². The van der Waals surface area contributed by atoms with E-state index in [0.29, 0.717) is 12.1 Å². The predicted octanol–water partition coefficient (Wildman–Crippen LogP) is 0.524. The lowest BCUT2D eigenvalue weighted by molar-refractivity contribution is 0.111. The van der Waals surface area contributed by atoms with Gasteiger partial charge in [0.25, 0.3) is 0 Å². The first-order valence-corrected chi connectivity index (χ1v) is 4.73. The highest BCUT2D eigenvalue weighted by atomic mass is 16.5. The van der Waals surface area contributed by atoms with Crippen molar-refractivity contribution in [2.24, 2.45) is 0 Å². The van der Waals surface area contributed by atoms with E-state index in [4.69, 9.17) is 9.84 Å². The number of hydrogen-bond donors (Lipinski definition) is 2. The van der Waals surface area contributed by atoms with Gasteiger partial charge in [-0.1, -0.05) is 0 Å². The molecule has 2 N–H and O–H groups in total. The van der Waals surface area contributed by atoms with Crippen LogP contribution in [0.1, 0.15) is 26.7 Å². The molecule has 0 aliphatic carbocycles. The predicted molar refractivity (Wildman–Crippen MR) is 48.1 cm³/mol. The van der Waals surface area contributed by atoms with Gasteiger partial charge in [-0.15, -0.1) is 0 Å². The van der Waals surface area contributed by atoms with Gasteiger partial charge in [0.2, 0.25) is 0 Å². The number of hydrogen-bond acceptors (Lipinski definition) is 3. The smallest absolute Gasteiger partial charge is 0.0700 e. The first-order chi connectivity index (χ1) is 5.70. The molecule has 3 atom stereocenters. The van der Waals surface area contributed by atoms with Crippen molar-refractivity contribution in [1.82, 2.24) is 5.32 Å². The van der Waals surface area contributed by atoms with Crippen LogP contribution >= 0.6 is 0 Å². The van der Waals surface area contributed by atoms with Gasteiger partial charge in [-0.3, -0.25) is 0 Å². The molecule has 72 valence electrons. The SMILES string of the molecule is C[C@H](O)CCN[C@H]1CCO[C@H]1C. The second-order valence-corrected chi connectivity index (χ2v) is 3.56. The molecule has 3 nitrogen and oxygen atoms in total. The van der Waals surface area contributed by atoms with Crippen LogP contribution in [0.2, 0.25) is 0 Å². The van der Waals surface area contributed by atoms with Gasteiger partial charge < -0.3 is 15.2 Å². The van der Waals surface area contributed by atoms with Gasteiger partial charge in [0.05, 0.1) is 12.2 Å². The summed E-state index contributed by atoms with van der Waals surface area (Å²) in [6.45, 7) is 5.66. The third-order valence-electron chi connectivity index (χ3n) is 2.34. The Morgan fingerprint density at radius 3 is 2.92 bits per heavy atom. The van der Waals surface area contributed by atoms with E-state index in [1.54, 1.807) is 0 Å². The molecule has 1 aliphatic heterocycles. The van der Waals surface area contributed by atoms with Crippen molar-refractivity contribution in [3.63, 3.8) is 0 Å². The zero-order valence-electron chi connectivity index (χ0n) is 7.92. The lowest BCUT2D eigenvalue weighted by Gasteiger charge is -2.16. The fourth-order valence-electron chi connectivity index (χ4n) is 1.48. The maximum atomic E-state index is 9.02. The Morgan fingerprint density at radius 1 is 1.67 bits per heavy atom. The van der Waals surface area contributed by atoms with E-state index in [-0.39, 0.29) is 6.10 Å². The Balaban J connectivity index is 2.06. The van der Waals surface area contributed by atoms with Crippen molar-refractivity contribution >= 4 is 0 Å². The van der Waals surface area contributed by atoms with E-state index in [0.717, 1.165) is 26.0 Å². The van der Waals surface area contributed by atoms with Crippen LogP contribution < -0.4 is 5.32 Å². The summed E-state index contributed by atoms with van der Waals surface area (Å²) in [5.74, 6) is 0. The number of aliphatic hydroxyl groups is 1. The van der Waals surface area contributed by atoms with Gasteiger partial charge in [0, 0.05) is 12.6 Å². The first kappa shape index (κ1) is 9.96. The fourth-order valence-corrected chi connectivity index (χ4v) is 1.48. The molecule has 0 saturated carbocycles. The molecule has 0 spiro atoms. The normalized spacial score (nSPS) is 32.2. The minimum atomic E-state index is -0.199. The molecule has 0 aromatic rings. The molecular formula is C9H19NO2. The van der Waals surface area contributed by atoms with Gasteiger partial charge in [0.1, 0.15) is 0 Å². The van der Waals surface area contributed by atoms with E-state index in [1.165, 1.54) is 0 Å². The average molecular weight is 173 g/mol. The van der Waals surface area contributed by atoms with Crippen LogP contribution in [-0.4, -0.2) is 36.5 Å². The van der Waals surface area contributed by atoms with Crippen molar-refractivity contribution < 1.29 is 9.84 Å². The number of rotatable bonds is 4. The van der Waals surface area contributed by atoms with Crippen LogP contribution in [0, 0.1) is 0 Å². The lowest BCUT2D eigenvalue weighted by atomic mass is 10.1. The highest BCUT2D eigenvalue weighted by molar-refractivity contribution is 4.78. The molecule has 12 heavy (non-hydrogen) atoms. The molecule has 0 amide bonds. The molecule has 1 rings (SSSR count). The third kappa shape index (κ3) is 3.09. The van der Waals surface area contributed by atoms with Crippen molar-refractivity contribution in [2.45, 2.75) is 44.9 Å². The maximum absolute atomic E-state index is 9.02. The minimum Gasteiger partial charge on any atom is -0.393 e. The molecule has 0 bridgehead atoms. The molecular weight excluding hydrogens is 154 g/mol. The van der Waals surface area contributed by atoms with Crippen LogP contribution in [0.3, 0.4) is 0 Å². The van der Waals surface area contributed by atoms with Crippen LogP contribution in [0.15, 0.2) is 0 Å². The number of aliphatic hydroxyl groups excluding tert-OH is 1. The molecule has 1 aliphatic rings. The molecule has 1 heterocycles. The summed E-state index contributed by atoms with van der Waals surface area (Å²) in [6, 6.07) is 0.490. The molecule has 1 saturated heterocycles. The highest BCUT2D eigenvalue weighted by Crippen LogP contribution is 2.12. The summed E-state index contributed by atoms with van der Waals surface area (Å²) < 4.78 is 5.40. The zero-order chi connectivity index (χ0) is 8.97. The van der Waals surface area contributed by atoms with Crippen LogP contribution in [0.25, 0.3) is 0 Å². The Morgan fingerprint density at radius 2 is 2.42 bits per heavy atom. The molecule has 0 radical (unpaired) electrons. The summed E-state index contributed by atoms with van der Waals surface area (Å²) in [4.78, 5) is 0. The second kappa shape index (κ2) is 4.80.